The summed E-state index contributed by atoms with van der Waals surface area (Å²) in [6.45, 7) is 7.65. The summed E-state index contributed by atoms with van der Waals surface area (Å²) in [7, 11) is 0. The molecule has 0 saturated carbocycles. The van der Waals surface area contributed by atoms with Crippen LogP contribution in [-0.2, 0) is 0 Å². The third-order valence-corrected chi connectivity index (χ3v) is 2.32. The zero-order chi connectivity index (χ0) is 10.4. The Labute approximate surface area is 85.2 Å². The molecule has 0 spiro atoms. The fraction of sp³-hybridized carbons (Fsp3) is 0.500. The van der Waals surface area contributed by atoms with Gasteiger partial charge in [0.1, 0.15) is 0 Å². The van der Waals surface area contributed by atoms with Crippen LogP contribution >= 0.6 is 0 Å². The lowest BCUT2D eigenvalue weighted by molar-refractivity contribution is 0.406. The highest BCUT2D eigenvalue weighted by Gasteiger charge is 2.18. The van der Waals surface area contributed by atoms with Gasteiger partial charge in [0.25, 0.3) is 0 Å². The van der Waals surface area contributed by atoms with Crippen molar-refractivity contribution in [1.29, 1.82) is 0 Å². The van der Waals surface area contributed by atoms with Gasteiger partial charge in [-0.2, -0.15) is 5.10 Å². The third kappa shape index (κ3) is 3.12. The van der Waals surface area contributed by atoms with E-state index in [1.165, 1.54) is 6.42 Å². The second-order valence-electron chi connectivity index (χ2n) is 3.58. The molecule has 4 heteroatoms. The van der Waals surface area contributed by atoms with Crippen LogP contribution in [0, 0.1) is 5.92 Å². The maximum atomic E-state index is 5.89. The highest BCUT2D eigenvalue weighted by atomic mass is 15.3. The summed E-state index contributed by atoms with van der Waals surface area (Å²) >= 11 is 0. The predicted octanol–water partition coefficient (Wildman–Crippen LogP) is 0.847. The van der Waals surface area contributed by atoms with Crippen molar-refractivity contribution in [3.05, 3.63) is 24.2 Å². The van der Waals surface area contributed by atoms with E-state index in [1.807, 2.05) is 12.2 Å². The number of nitrogens with one attached hydrogen (secondary N) is 1. The van der Waals surface area contributed by atoms with Crippen LogP contribution in [0.2, 0.25) is 0 Å². The van der Waals surface area contributed by atoms with Gasteiger partial charge in [-0.1, -0.05) is 6.92 Å². The van der Waals surface area contributed by atoms with Crippen LogP contribution in [0.25, 0.3) is 0 Å². The van der Waals surface area contributed by atoms with E-state index in [1.54, 1.807) is 6.20 Å². The fourth-order valence-corrected chi connectivity index (χ4v) is 1.52. The Morgan fingerprint density at radius 2 is 2.50 bits per heavy atom. The lowest BCUT2D eigenvalue weighted by Crippen LogP contribution is -2.24. The van der Waals surface area contributed by atoms with Crippen molar-refractivity contribution in [2.45, 2.75) is 13.3 Å². The molecule has 0 aliphatic carbocycles. The quantitative estimate of drug-likeness (QED) is 0.396. The summed E-state index contributed by atoms with van der Waals surface area (Å²) in [5.41, 5.74) is 8.50. The first-order valence-electron chi connectivity index (χ1n) is 4.82. The molecular weight excluding hydrogens is 176 g/mol. The number of likely N-dealkylation sites (tertiary alicyclic amines) is 1. The van der Waals surface area contributed by atoms with Crippen molar-refractivity contribution >= 4 is 6.72 Å². The second kappa shape index (κ2) is 5.32. The second-order valence-corrected chi connectivity index (χ2v) is 3.58. The van der Waals surface area contributed by atoms with E-state index < -0.39 is 0 Å². The van der Waals surface area contributed by atoms with Gasteiger partial charge in [0.15, 0.2) is 0 Å². The summed E-state index contributed by atoms with van der Waals surface area (Å²) in [6, 6.07) is 0. The van der Waals surface area contributed by atoms with Crippen molar-refractivity contribution in [3.63, 3.8) is 0 Å². The van der Waals surface area contributed by atoms with E-state index in [9.17, 15) is 0 Å². The SMILES string of the molecule is C=NN/C=C/C=C(\N)N1CCC(C)C1. The van der Waals surface area contributed by atoms with Crippen molar-refractivity contribution in [1.82, 2.24) is 10.3 Å². The molecule has 0 bridgehead atoms. The summed E-state index contributed by atoms with van der Waals surface area (Å²) < 4.78 is 0. The minimum atomic E-state index is 0.749. The van der Waals surface area contributed by atoms with Crippen molar-refractivity contribution in [2.75, 3.05) is 13.1 Å². The molecule has 1 aliphatic rings. The zero-order valence-electron chi connectivity index (χ0n) is 8.61. The average Bonchev–Trinajstić information content (AvgIpc) is 2.59. The molecular formula is C10H18N4. The maximum absolute atomic E-state index is 5.89. The van der Waals surface area contributed by atoms with E-state index in [2.05, 4.69) is 29.1 Å². The first-order valence-corrected chi connectivity index (χ1v) is 4.82. The number of hydrogen-bond donors (Lipinski definition) is 2. The van der Waals surface area contributed by atoms with Crippen LogP contribution in [0.1, 0.15) is 13.3 Å². The molecule has 1 saturated heterocycles. The molecule has 14 heavy (non-hydrogen) atoms. The van der Waals surface area contributed by atoms with Crippen LogP contribution in [0.5, 0.6) is 0 Å². The minimum Gasteiger partial charge on any atom is -0.385 e. The summed E-state index contributed by atoms with van der Waals surface area (Å²) in [5.74, 6) is 1.57. The summed E-state index contributed by atoms with van der Waals surface area (Å²) in [5, 5.41) is 3.47. The molecule has 1 atom stereocenters. The Balaban J connectivity index is 2.39. The smallest absolute Gasteiger partial charge is 0.0987 e. The molecule has 78 valence electrons. The number of nitrogens with two attached hydrogens (primary N) is 1. The third-order valence-electron chi connectivity index (χ3n) is 2.32. The molecule has 1 heterocycles. The average molecular weight is 194 g/mol. The Morgan fingerprint density at radius 1 is 1.71 bits per heavy atom. The molecule has 1 rings (SSSR count). The van der Waals surface area contributed by atoms with E-state index in [-0.39, 0.29) is 0 Å². The number of allylic oxidation sites excluding steroid dienone is 2. The predicted molar refractivity (Wildman–Crippen MR) is 59.4 cm³/mol. The van der Waals surface area contributed by atoms with Gasteiger partial charge in [-0.3, -0.25) is 5.43 Å². The first kappa shape index (κ1) is 10.6. The van der Waals surface area contributed by atoms with E-state index in [0.29, 0.717) is 0 Å². The minimum absolute atomic E-state index is 0.749. The topological polar surface area (TPSA) is 53.6 Å². The van der Waals surface area contributed by atoms with Gasteiger partial charge < -0.3 is 10.6 Å². The van der Waals surface area contributed by atoms with Crippen LogP contribution in [0.15, 0.2) is 29.3 Å². The molecule has 1 unspecified atom stereocenters. The zero-order valence-corrected chi connectivity index (χ0v) is 8.61. The van der Waals surface area contributed by atoms with Crippen molar-refractivity contribution in [3.8, 4) is 0 Å². The fourth-order valence-electron chi connectivity index (χ4n) is 1.52. The maximum Gasteiger partial charge on any atom is 0.0987 e. The number of hydrogen-bond acceptors (Lipinski definition) is 4. The Bertz CT molecular complexity index is 245. The van der Waals surface area contributed by atoms with Gasteiger partial charge in [0, 0.05) is 26.0 Å². The Kier molecular flexibility index (Phi) is 4.04. The number of nitrogens with zero attached hydrogens (tertiary/aromatic N) is 2. The lowest BCUT2D eigenvalue weighted by atomic mass is 10.2. The first-order chi connectivity index (χ1) is 6.74. The molecule has 1 fully saturated rings. The van der Waals surface area contributed by atoms with Crippen molar-refractivity contribution < 1.29 is 0 Å². The summed E-state index contributed by atoms with van der Waals surface area (Å²) in [6.07, 6.45) is 6.62. The highest BCUT2D eigenvalue weighted by molar-refractivity contribution is 5.22. The van der Waals surface area contributed by atoms with Gasteiger partial charge in [-0.05, 0) is 24.5 Å². The molecule has 4 nitrogen and oxygen atoms in total. The van der Waals surface area contributed by atoms with E-state index in [0.717, 1.165) is 24.8 Å². The van der Waals surface area contributed by atoms with Gasteiger partial charge in [0.05, 0.1) is 5.82 Å². The number of hydrazone groups is 1. The molecule has 0 aromatic rings. The van der Waals surface area contributed by atoms with Gasteiger partial charge in [-0.15, -0.1) is 0 Å². The number of rotatable bonds is 4. The van der Waals surface area contributed by atoms with E-state index >= 15 is 0 Å². The Morgan fingerprint density at radius 3 is 3.07 bits per heavy atom. The molecule has 0 radical (unpaired) electrons. The van der Waals surface area contributed by atoms with Gasteiger partial charge in [-0.25, -0.2) is 0 Å². The highest BCUT2D eigenvalue weighted by Crippen LogP contribution is 2.17. The summed E-state index contributed by atoms with van der Waals surface area (Å²) in [4.78, 5) is 2.19. The van der Waals surface area contributed by atoms with E-state index in [4.69, 9.17) is 5.73 Å². The van der Waals surface area contributed by atoms with Crippen LogP contribution < -0.4 is 11.2 Å². The van der Waals surface area contributed by atoms with Crippen LogP contribution in [-0.4, -0.2) is 24.7 Å². The monoisotopic (exact) mass is 194 g/mol. The normalized spacial score (nSPS) is 23.1. The van der Waals surface area contributed by atoms with Gasteiger partial charge >= 0.3 is 0 Å². The Hall–Kier alpha value is -1.45. The molecule has 0 aromatic heterocycles. The lowest BCUT2D eigenvalue weighted by Gasteiger charge is -2.17. The molecule has 0 aromatic carbocycles. The van der Waals surface area contributed by atoms with Crippen LogP contribution in [0.4, 0.5) is 0 Å². The largest absolute Gasteiger partial charge is 0.385 e. The molecule has 3 N–H and O–H groups in total. The van der Waals surface area contributed by atoms with Crippen molar-refractivity contribution in [2.24, 2.45) is 16.8 Å². The molecule has 1 aliphatic heterocycles. The standard InChI is InChI=1S/C10H18N4/c1-9-5-7-14(8-9)10(11)4-3-6-13-12-2/h3-4,6,9,13H,2,5,7-8,11H2,1H3/b6-3+,10-4+. The molecule has 0 amide bonds. The van der Waals surface area contributed by atoms with Gasteiger partial charge in [0.2, 0.25) is 0 Å². The van der Waals surface area contributed by atoms with Crippen LogP contribution in [0.3, 0.4) is 0 Å².